The molecule has 184 valence electrons. The van der Waals surface area contributed by atoms with E-state index >= 15 is 0 Å². The molecule has 0 aliphatic carbocycles. The summed E-state index contributed by atoms with van der Waals surface area (Å²) in [6.45, 7) is 7.90. The SMILES string of the molecule is Cc1nc(CNC(=O)C(NC(O)c2nn(Cc3ccc(F)cc3)c3ccccc23)C(C)(C)C)no1. The lowest BCUT2D eigenvalue weighted by Crippen LogP contribution is -2.52. The maximum absolute atomic E-state index is 13.3. The Hall–Kier alpha value is -3.63. The number of aryl methyl sites for hydroxylation is 1. The van der Waals surface area contributed by atoms with Gasteiger partial charge in [-0.15, -0.1) is 0 Å². The van der Waals surface area contributed by atoms with Crippen LogP contribution < -0.4 is 10.6 Å². The van der Waals surface area contributed by atoms with Crippen molar-refractivity contribution in [3.05, 3.63) is 77.3 Å². The number of aliphatic hydroxyl groups is 1. The van der Waals surface area contributed by atoms with Gasteiger partial charge < -0.3 is 14.9 Å². The largest absolute Gasteiger partial charge is 0.373 e. The predicted octanol–water partition coefficient (Wildman–Crippen LogP) is 3.23. The number of nitrogens with one attached hydrogen (secondary N) is 2. The molecule has 0 aliphatic rings. The summed E-state index contributed by atoms with van der Waals surface area (Å²) in [6.07, 6.45) is -1.21. The minimum Gasteiger partial charge on any atom is -0.373 e. The smallest absolute Gasteiger partial charge is 0.238 e. The first-order chi connectivity index (χ1) is 16.6. The van der Waals surface area contributed by atoms with E-state index in [4.69, 9.17) is 4.52 Å². The van der Waals surface area contributed by atoms with Crippen molar-refractivity contribution in [2.45, 2.75) is 53.1 Å². The van der Waals surface area contributed by atoms with E-state index in [9.17, 15) is 14.3 Å². The zero-order chi connectivity index (χ0) is 25.2. The van der Waals surface area contributed by atoms with Gasteiger partial charge in [0.15, 0.2) is 12.1 Å². The first kappa shape index (κ1) is 24.5. The van der Waals surface area contributed by atoms with Gasteiger partial charge in [0.2, 0.25) is 11.8 Å². The highest BCUT2D eigenvalue weighted by atomic mass is 19.1. The Morgan fingerprint density at radius 1 is 1.17 bits per heavy atom. The second kappa shape index (κ2) is 9.93. The average Bonchev–Trinajstić information content (AvgIpc) is 3.40. The van der Waals surface area contributed by atoms with E-state index in [1.54, 1.807) is 23.7 Å². The summed E-state index contributed by atoms with van der Waals surface area (Å²) in [7, 11) is 0. The van der Waals surface area contributed by atoms with Crippen LogP contribution in [-0.4, -0.2) is 37.0 Å². The highest BCUT2D eigenvalue weighted by Crippen LogP contribution is 2.27. The van der Waals surface area contributed by atoms with Crippen molar-refractivity contribution in [1.29, 1.82) is 0 Å². The molecule has 1 amide bonds. The quantitative estimate of drug-likeness (QED) is 0.331. The van der Waals surface area contributed by atoms with Crippen LogP contribution in [0.3, 0.4) is 0 Å². The van der Waals surface area contributed by atoms with Crippen LogP contribution in [0.2, 0.25) is 0 Å². The molecule has 2 aromatic heterocycles. The Morgan fingerprint density at radius 3 is 2.54 bits per heavy atom. The number of amides is 1. The van der Waals surface area contributed by atoms with Gasteiger partial charge in [0.05, 0.1) is 24.6 Å². The van der Waals surface area contributed by atoms with Crippen LogP contribution in [-0.2, 0) is 17.9 Å². The normalized spacial score (nSPS) is 13.7. The number of aromatic nitrogens is 4. The van der Waals surface area contributed by atoms with Crippen LogP contribution in [0.25, 0.3) is 10.9 Å². The summed E-state index contributed by atoms with van der Waals surface area (Å²) in [6, 6.07) is 13.0. The molecule has 4 rings (SSSR count). The minimum atomic E-state index is -1.21. The molecule has 2 unspecified atom stereocenters. The fourth-order valence-corrected chi connectivity index (χ4v) is 3.88. The van der Waals surface area contributed by atoms with Gasteiger partial charge in [0.1, 0.15) is 11.5 Å². The number of aliphatic hydroxyl groups excluding tert-OH is 1. The van der Waals surface area contributed by atoms with Gasteiger partial charge in [-0.05, 0) is 29.2 Å². The number of carbonyl (C=O) groups excluding carboxylic acids is 1. The Bertz CT molecular complexity index is 1310. The van der Waals surface area contributed by atoms with E-state index in [-0.39, 0.29) is 18.3 Å². The number of halogens is 1. The van der Waals surface area contributed by atoms with Gasteiger partial charge in [-0.1, -0.05) is 56.3 Å². The summed E-state index contributed by atoms with van der Waals surface area (Å²) in [5.41, 5.74) is 1.57. The third-order valence-corrected chi connectivity index (χ3v) is 5.63. The lowest BCUT2D eigenvalue weighted by atomic mass is 9.86. The van der Waals surface area contributed by atoms with Crippen molar-refractivity contribution in [2.24, 2.45) is 5.41 Å². The third-order valence-electron chi connectivity index (χ3n) is 5.63. The van der Waals surface area contributed by atoms with Crippen molar-refractivity contribution in [3.8, 4) is 0 Å². The number of para-hydroxylation sites is 1. The molecule has 2 atom stereocenters. The molecular weight excluding hydrogens is 451 g/mol. The summed E-state index contributed by atoms with van der Waals surface area (Å²) in [4.78, 5) is 17.1. The monoisotopic (exact) mass is 480 g/mol. The molecule has 0 spiro atoms. The van der Waals surface area contributed by atoms with E-state index in [0.29, 0.717) is 24.0 Å². The highest BCUT2D eigenvalue weighted by molar-refractivity contribution is 5.84. The molecule has 0 bridgehead atoms. The van der Waals surface area contributed by atoms with E-state index in [1.807, 2.05) is 45.0 Å². The number of fused-ring (bicyclic) bond motifs is 1. The fourth-order valence-electron chi connectivity index (χ4n) is 3.88. The molecule has 3 N–H and O–H groups in total. The fraction of sp³-hybridized carbons (Fsp3) is 0.360. The lowest BCUT2D eigenvalue weighted by Gasteiger charge is -2.32. The van der Waals surface area contributed by atoms with Crippen LogP contribution in [0, 0.1) is 18.2 Å². The molecule has 9 nitrogen and oxygen atoms in total. The van der Waals surface area contributed by atoms with Crippen LogP contribution in [0.15, 0.2) is 53.1 Å². The zero-order valence-corrected chi connectivity index (χ0v) is 20.1. The molecule has 0 aliphatic heterocycles. The predicted molar refractivity (Wildman–Crippen MR) is 127 cm³/mol. The zero-order valence-electron chi connectivity index (χ0n) is 20.1. The molecule has 10 heteroatoms. The standard InChI is InChI=1S/C25H29FN6O3/c1-15-28-20(31-35-15)13-27-24(34)22(25(2,3)4)29-23(33)21-18-7-5-6-8-19(18)32(30-21)14-16-9-11-17(26)12-10-16/h5-12,22-23,29,33H,13-14H2,1-4H3,(H,27,34). The van der Waals surface area contributed by atoms with Gasteiger partial charge in [-0.3, -0.25) is 14.8 Å². The number of carbonyl (C=O) groups is 1. The van der Waals surface area contributed by atoms with Gasteiger partial charge >= 0.3 is 0 Å². The Balaban J connectivity index is 1.56. The van der Waals surface area contributed by atoms with Gasteiger partial charge in [0.25, 0.3) is 0 Å². The van der Waals surface area contributed by atoms with Crippen molar-refractivity contribution in [1.82, 2.24) is 30.6 Å². The summed E-state index contributed by atoms with van der Waals surface area (Å²) in [5.74, 6) is 0.169. The second-order valence-electron chi connectivity index (χ2n) is 9.50. The molecule has 0 fully saturated rings. The van der Waals surface area contributed by atoms with Crippen LogP contribution in [0.1, 0.15) is 50.0 Å². The highest BCUT2D eigenvalue weighted by Gasteiger charge is 2.34. The molecule has 0 saturated heterocycles. The van der Waals surface area contributed by atoms with Crippen LogP contribution >= 0.6 is 0 Å². The molecule has 35 heavy (non-hydrogen) atoms. The maximum Gasteiger partial charge on any atom is 0.238 e. The molecule has 2 heterocycles. The third kappa shape index (κ3) is 5.72. The molecule has 0 saturated carbocycles. The summed E-state index contributed by atoms with van der Waals surface area (Å²) >= 11 is 0. The van der Waals surface area contributed by atoms with E-state index in [2.05, 4.69) is 25.9 Å². The summed E-state index contributed by atoms with van der Waals surface area (Å²) < 4.78 is 20.0. The van der Waals surface area contributed by atoms with Crippen molar-refractivity contribution >= 4 is 16.8 Å². The summed E-state index contributed by atoms with van der Waals surface area (Å²) in [5, 5.41) is 26.2. The lowest BCUT2D eigenvalue weighted by molar-refractivity contribution is -0.127. The van der Waals surface area contributed by atoms with Crippen LogP contribution in [0.5, 0.6) is 0 Å². The van der Waals surface area contributed by atoms with Gasteiger partial charge in [-0.25, -0.2) is 4.39 Å². The second-order valence-corrected chi connectivity index (χ2v) is 9.50. The Morgan fingerprint density at radius 2 is 1.89 bits per heavy atom. The molecule has 2 aromatic carbocycles. The van der Waals surface area contributed by atoms with Crippen molar-refractivity contribution in [3.63, 3.8) is 0 Å². The Kier molecular flexibility index (Phi) is 6.95. The van der Waals surface area contributed by atoms with E-state index in [0.717, 1.165) is 16.5 Å². The van der Waals surface area contributed by atoms with E-state index in [1.165, 1.54) is 12.1 Å². The number of benzene rings is 2. The average molecular weight is 481 g/mol. The van der Waals surface area contributed by atoms with Crippen LogP contribution in [0.4, 0.5) is 4.39 Å². The van der Waals surface area contributed by atoms with Crippen molar-refractivity contribution < 1.29 is 18.8 Å². The minimum absolute atomic E-state index is 0.107. The Labute approximate surface area is 202 Å². The maximum atomic E-state index is 13.3. The first-order valence-corrected chi connectivity index (χ1v) is 11.3. The topological polar surface area (TPSA) is 118 Å². The van der Waals surface area contributed by atoms with E-state index < -0.39 is 17.7 Å². The number of hydrogen-bond acceptors (Lipinski definition) is 7. The first-order valence-electron chi connectivity index (χ1n) is 11.3. The van der Waals surface area contributed by atoms with Gasteiger partial charge in [0, 0.05) is 12.3 Å². The van der Waals surface area contributed by atoms with Gasteiger partial charge in [-0.2, -0.15) is 10.1 Å². The molecule has 0 radical (unpaired) electrons. The number of hydrogen-bond donors (Lipinski definition) is 3. The number of rotatable bonds is 8. The molecule has 4 aromatic rings. The molecular formula is C25H29FN6O3. The van der Waals surface area contributed by atoms with Crippen molar-refractivity contribution in [2.75, 3.05) is 0 Å². The number of nitrogens with zero attached hydrogens (tertiary/aromatic N) is 4.